The van der Waals surface area contributed by atoms with Crippen molar-refractivity contribution in [2.24, 2.45) is 0 Å². The van der Waals surface area contributed by atoms with Crippen LogP contribution in [0.15, 0.2) is 18.2 Å². The number of nitrogens with one attached hydrogen (secondary N) is 2. The number of hydrogen-bond donors (Lipinski definition) is 2. The highest BCUT2D eigenvalue weighted by molar-refractivity contribution is 5.98. The van der Waals surface area contributed by atoms with Crippen LogP contribution in [0.25, 0.3) is 0 Å². The van der Waals surface area contributed by atoms with Crippen LogP contribution in [0.1, 0.15) is 36.5 Å². The topological polar surface area (TPSA) is 125 Å². The third-order valence-corrected chi connectivity index (χ3v) is 5.34. The lowest BCUT2D eigenvalue weighted by Crippen LogP contribution is -2.48. The summed E-state index contributed by atoms with van der Waals surface area (Å²) >= 11 is 0. The van der Waals surface area contributed by atoms with Gasteiger partial charge in [-0.3, -0.25) is 24.5 Å². The molecule has 3 amide bonds. The number of nitro groups is 1. The molecule has 0 saturated carbocycles. The van der Waals surface area contributed by atoms with E-state index >= 15 is 0 Å². The van der Waals surface area contributed by atoms with Crippen LogP contribution in [-0.4, -0.2) is 66.3 Å². The molecule has 10 heteroatoms. The number of hydrogen-bond acceptors (Lipinski definition) is 6. The minimum Gasteiger partial charge on any atom is -0.362 e. The summed E-state index contributed by atoms with van der Waals surface area (Å²) in [5.74, 6) is -0.762. The molecule has 2 N–H and O–H groups in total. The Labute approximate surface area is 168 Å². The Hall–Kier alpha value is -3.17. The molecule has 2 aliphatic heterocycles. The van der Waals surface area contributed by atoms with E-state index < -0.39 is 16.9 Å². The van der Waals surface area contributed by atoms with Crippen molar-refractivity contribution >= 4 is 29.1 Å². The Morgan fingerprint density at radius 1 is 1.21 bits per heavy atom. The molecule has 1 aromatic rings. The van der Waals surface area contributed by atoms with E-state index in [2.05, 4.69) is 10.6 Å². The smallest absolute Gasteiger partial charge is 0.293 e. The predicted molar refractivity (Wildman–Crippen MR) is 106 cm³/mol. The van der Waals surface area contributed by atoms with Crippen LogP contribution in [0.5, 0.6) is 0 Å². The lowest BCUT2D eigenvalue weighted by Gasteiger charge is -2.35. The standard InChI is InChI=1S/C19H25N5O5/c1-13(25)22-8-10-23(11-9-22)16-6-5-14(12-17(16)24(28)29)18(26)21-15-4-2-3-7-20-19(15)27/h5-6,12,15H,2-4,7-11H2,1H3,(H,20,27)(H,21,26). The van der Waals surface area contributed by atoms with Crippen molar-refractivity contribution < 1.29 is 19.3 Å². The van der Waals surface area contributed by atoms with Crippen molar-refractivity contribution in [1.82, 2.24) is 15.5 Å². The van der Waals surface area contributed by atoms with E-state index in [-0.39, 0.29) is 23.1 Å². The molecule has 2 heterocycles. The average Bonchev–Trinajstić information content (AvgIpc) is 2.91. The summed E-state index contributed by atoms with van der Waals surface area (Å²) in [5.41, 5.74) is 0.390. The van der Waals surface area contributed by atoms with Crippen LogP contribution >= 0.6 is 0 Å². The number of anilines is 1. The van der Waals surface area contributed by atoms with Crippen molar-refractivity contribution in [3.8, 4) is 0 Å². The Balaban J connectivity index is 1.75. The minimum atomic E-state index is -0.636. The van der Waals surface area contributed by atoms with Gasteiger partial charge in [-0.2, -0.15) is 0 Å². The van der Waals surface area contributed by atoms with Gasteiger partial charge < -0.3 is 20.4 Å². The molecule has 2 aliphatic rings. The lowest BCUT2D eigenvalue weighted by molar-refractivity contribution is -0.384. The molecule has 3 rings (SSSR count). The molecule has 1 atom stereocenters. The SMILES string of the molecule is CC(=O)N1CCN(c2ccc(C(=O)NC3CCCCNC3=O)cc2[N+](=O)[O-])CC1. The quantitative estimate of drug-likeness (QED) is 0.562. The molecule has 0 spiro atoms. The van der Waals surface area contributed by atoms with Crippen molar-refractivity contribution in [2.45, 2.75) is 32.2 Å². The van der Waals surface area contributed by atoms with Crippen molar-refractivity contribution in [2.75, 3.05) is 37.6 Å². The van der Waals surface area contributed by atoms with E-state index in [1.165, 1.54) is 19.1 Å². The van der Waals surface area contributed by atoms with Crippen LogP contribution in [-0.2, 0) is 9.59 Å². The summed E-state index contributed by atoms with van der Waals surface area (Å²) in [5, 5.41) is 17.0. The van der Waals surface area contributed by atoms with Gasteiger partial charge in [0.05, 0.1) is 4.92 Å². The van der Waals surface area contributed by atoms with Crippen LogP contribution in [0.4, 0.5) is 11.4 Å². The maximum atomic E-state index is 12.6. The Morgan fingerprint density at radius 3 is 2.59 bits per heavy atom. The molecule has 10 nitrogen and oxygen atoms in total. The van der Waals surface area contributed by atoms with E-state index in [1.54, 1.807) is 11.0 Å². The molecule has 0 aliphatic carbocycles. The van der Waals surface area contributed by atoms with Gasteiger partial charge in [0.2, 0.25) is 11.8 Å². The molecule has 156 valence electrons. The van der Waals surface area contributed by atoms with Gasteiger partial charge in [0.25, 0.3) is 11.6 Å². The maximum absolute atomic E-state index is 12.6. The number of carbonyl (C=O) groups is 3. The molecule has 2 fully saturated rings. The Morgan fingerprint density at radius 2 is 1.93 bits per heavy atom. The average molecular weight is 403 g/mol. The van der Waals surface area contributed by atoms with Gasteiger partial charge in [-0.25, -0.2) is 0 Å². The fraction of sp³-hybridized carbons (Fsp3) is 0.526. The molecular weight excluding hydrogens is 378 g/mol. The van der Waals surface area contributed by atoms with E-state index in [9.17, 15) is 24.5 Å². The number of piperazine rings is 1. The largest absolute Gasteiger partial charge is 0.362 e. The molecule has 0 radical (unpaired) electrons. The fourth-order valence-electron chi connectivity index (χ4n) is 3.66. The second-order valence-corrected chi connectivity index (χ2v) is 7.27. The summed E-state index contributed by atoms with van der Waals surface area (Å²) in [7, 11) is 0. The summed E-state index contributed by atoms with van der Waals surface area (Å²) in [6.45, 7) is 4.03. The summed E-state index contributed by atoms with van der Waals surface area (Å²) in [4.78, 5) is 50.7. The normalized spacial score (nSPS) is 19.9. The first kappa shape index (κ1) is 20.6. The first-order valence-corrected chi connectivity index (χ1v) is 9.74. The molecule has 29 heavy (non-hydrogen) atoms. The van der Waals surface area contributed by atoms with Crippen molar-refractivity contribution in [1.29, 1.82) is 0 Å². The van der Waals surface area contributed by atoms with Gasteiger partial charge in [0, 0.05) is 51.3 Å². The van der Waals surface area contributed by atoms with Crippen LogP contribution < -0.4 is 15.5 Å². The molecular formula is C19H25N5O5. The lowest BCUT2D eigenvalue weighted by atomic mass is 10.1. The van der Waals surface area contributed by atoms with Gasteiger partial charge >= 0.3 is 0 Å². The number of benzene rings is 1. The number of nitro benzene ring substituents is 1. The predicted octanol–water partition coefficient (Wildman–Crippen LogP) is 0.662. The zero-order chi connectivity index (χ0) is 21.0. The third-order valence-electron chi connectivity index (χ3n) is 5.34. The fourth-order valence-corrected chi connectivity index (χ4v) is 3.66. The van der Waals surface area contributed by atoms with Gasteiger partial charge in [0.1, 0.15) is 11.7 Å². The number of amides is 3. The Bertz CT molecular complexity index is 819. The molecule has 2 saturated heterocycles. The van der Waals surface area contributed by atoms with Crippen LogP contribution in [0.2, 0.25) is 0 Å². The van der Waals surface area contributed by atoms with E-state index in [4.69, 9.17) is 0 Å². The Kier molecular flexibility index (Phi) is 6.30. The van der Waals surface area contributed by atoms with E-state index in [0.29, 0.717) is 44.8 Å². The van der Waals surface area contributed by atoms with Gasteiger partial charge in [0.15, 0.2) is 0 Å². The number of rotatable bonds is 4. The highest BCUT2D eigenvalue weighted by Crippen LogP contribution is 2.30. The summed E-state index contributed by atoms with van der Waals surface area (Å²) in [6.07, 6.45) is 2.21. The van der Waals surface area contributed by atoms with Gasteiger partial charge in [-0.05, 0) is 31.4 Å². The zero-order valence-corrected chi connectivity index (χ0v) is 16.3. The summed E-state index contributed by atoms with van der Waals surface area (Å²) in [6, 6.07) is 3.70. The van der Waals surface area contributed by atoms with E-state index in [0.717, 1.165) is 12.8 Å². The summed E-state index contributed by atoms with van der Waals surface area (Å²) < 4.78 is 0. The molecule has 1 unspecified atom stereocenters. The molecule has 1 aromatic carbocycles. The van der Waals surface area contributed by atoms with E-state index in [1.807, 2.05) is 4.90 Å². The van der Waals surface area contributed by atoms with Crippen molar-refractivity contribution in [3.05, 3.63) is 33.9 Å². The van der Waals surface area contributed by atoms with Crippen molar-refractivity contribution in [3.63, 3.8) is 0 Å². The highest BCUT2D eigenvalue weighted by atomic mass is 16.6. The maximum Gasteiger partial charge on any atom is 0.293 e. The third kappa shape index (κ3) is 4.82. The first-order chi connectivity index (χ1) is 13.9. The monoisotopic (exact) mass is 403 g/mol. The molecule has 0 bridgehead atoms. The minimum absolute atomic E-state index is 0.0197. The zero-order valence-electron chi connectivity index (χ0n) is 16.3. The van der Waals surface area contributed by atoms with Crippen LogP contribution in [0.3, 0.4) is 0 Å². The van der Waals surface area contributed by atoms with Gasteiger partial charge in [-0.1, -0.05) is 0 Å². The molecule has 0 aromatic heterocycles. The second kappa shape index (κ2) is 8.89. The van der Waals surface area contributed by atoms with Gasteiger partial charge in [-0.15, -0.1) is 0 Å². The highest BCUT2D eigenvalue weighted by Gasteiger charge is 2.27. The van der Waals surface area contributed by atoms with Crippen LogP contribution in [0, 0.1) is 10.1 Å². The second-order valence-electron chi connectivity index (χ2n) is 7.27. The number of carbonyl (C=O) groups excluding carboxylic acids is 3. The first-order valence-electron chi connectivity index (χ1n) is 9.74. The number of nitrogens with zero attached hydrogens (tertiary/aromatic N) is 3.